The van der Waals surface area contributed by atoms with Gasteiger partial charge in [0.15, 0.2) is 0 Å². The molecule has 0 heterocycles. The molecule has 0 N–H and O–H groups in total. The topological polar surface area (TPSA) is 12.5 Å². The van der Waals surface area contributed by atoms with E-state index in [2.05, 4.69) is 25.7 Å². The lowest BCUT2D eigenvalue weighted by Crippen LogP contribution is -2.31. The molecule has 2 nitrogen and oxygen atoms in total. The van der Waals surface area contributed by atoms with Gasteiger partial charge in [0.25, 0.3) is 0 Å². The molecule has 0 saturated heterocycles. The molecule has 0 bridgehead atoms. The zero-order valence-electron chi connectivity index (χ0n) is 9.05. The summed E-state index contributed by atoms with van der Waals surface area (Å²) in [7, 11) is 0. The third-order valence-corrected chi connectivity index (χ3v) is 2.00. The van der Waals surface area contributed by atoms with Crippen LogP contribution in [0.15, 0.2) is 0 Å². The highest BCUT2D eigenvalue weighted by Gasteiger charge is 2.03. The fraction of sp³-hybridized carbons (Fsp3) is 1.00. The summed E-state index contributed by atoms with van der Waals surface area (Å²) in [6.07, 6.45) is 0. The molecule has 0 rings (SSSR count). The van der Waals surface area contributed by atoms with E-state index in [9.17, 15) is 0 Å². The van der Waals surface area contributed by atoms with E-state index in [1.807, 2.05) is 0 Å². The van der Waals surface area contributed by atoms with E-state index in [-0.39, 0.29) is 0 Å². The maximum Gasteiger partial charge on any atom is 0.0602 e. The van der Waals surface area contributed by atoms with Crippen molar-refractivity contribution in [2.75, 3.05) is 38.7 Å². The Hall–Kier alpha value is 0.210. The van der Waals surface area contributed by atoms with Crippen molar-refractivity contribution in [3.63, 3.8) is 0 Å². The summed E-state index contributed by atoms with van der Waals surface area (Å²) < 4.78 is 5.32. The normalized spacial score (nSPS) is 11.5. The maximum absolute atomic E-state index is 5.50. The molecule has 13 heavy (non-hydrogen) atoms. The van der Waals surface area contributed by atoms with Gasteiger partial charge in [0.1, 0.15) is 0 Å². The van der Waals surface area contributed by atoms with Gasteiger partial charge in [-0.1, -0.05) is 20.8 Å². The fourth-order valence-electron chi connectivity index (χ4n) is 1.25. The summed E-state index contributed by atoms with van der Waals surface area (Å²) in [5, 5.41) is 0. The van der Waals surface area contributed by atoms with E-state index in [1.54, 1.807) is 0 Å². The van der Waals surface area contributed by atoms with Gasteiger partial charge < -0.3 is 9.64 Å². The molecule has 0 aromatic carbocycles. The van der Waals surface area contributed by atoms with E-state index in [1.165, 1.54) is 0 Å². The van der Waals surface area contributed by atoms with Gasteiger partial charge >= 0.3 is 0 Å². The zero-order valence-corrected chi connectivity index (χ0v) is 9.81. The second-order valence-corrected chi connectivity index (χ2v) is 3.97. The van der Waals surface area contributed by atoms with Crippen LogP contribution in [0.3, 0.4) is 0 Å². The first kappa shape index (κ1) is 13.2. The molecular weight excluding hydrogens is 186 g/mol. The van der Waals surface area contributed by atoms with Crippen LogP contribution in [0.4, 0.5) is 0 Å². The van der Waals surface area contributed by atoms with E-state index in [0.717, 1.165) is 32.2 Å². The standard InChI is InChI=1S/C10H22ClNO/c1-4-12(9-10(2)3)6-8-13-7-5-11/h10H,4-9H2,1-3H3. The Morgan fingerprint density at radius 2 is 2.00 bits per heavy atom. The summed E-state index contributed by atoms with van der Waals surface area (Å²) in [6.45, 7) is 11.4. The van der Waals surface area contributed by atoms with Gasteiger partial charge in [-0.25, -0.2) is 0 Å². The first-order valence-electron chi connectivity index (χ1n) is 5.06. The molecule has 0 aliphatic rings. The summed E-state index contributed by atoms with van der Waals surface area (Å²) in [4.78, 5) is 2.40. The van der Waals surface area contributed by atoms with Crippen LogP contribution in [-0.4, -0.2) is 43.6 Å². The molecule has 0 saturated carbocycles. The predicted molar refractivity (Wildman–Crippen MR) is 58.5 cm³/mol. The molecule has 0 aliphatic carbocycles. The lowest BCUT2D eigenvalue weighted by atomic mass is 10.2. The average molecular weight is 208 g/mol. The number of nitrogens with zero attached hydrogens (tertiary/aromatic N) is 1. The van der Waals surface area contributed by atoms with Crippen LogP contribution in [0, 0.1) is 5.92 Å². The average Bonchev–Trinajstić information content (AvgIpc) is 2.09. The molecule has 0 amide bonds. The number of hydrogen-bond acceptors (Lipinski definition) is 2. The minimum Gasteiger partial charge on any atom is -0.379 e. The molecule has 0 atom stereocenters. The highest BCUT2D eigenvalue weighted by molar-refractivity contribution is 6.17. The molecular formula is C10H22ClNO. The van der Waals surface area contributed by atoms with Gasteiger partial charge in [-0.05, 0) is 12.5 Å². The van der Waals surface area contributed by atoms with Gasteiger partial charge in [0.05, 0.1) is 13.2 Å². The van der Waals surface area contributed by atoms with Crippen molar-refractivity contribution in [2.45, 2.75) is 20.8 Å². The maximum atomic E-state index is 5.50. The van der Waals surface area contributed by atoms with Gasteiger partial charge in [-0.3, -0.25) is 0 Å². The largest absolute Gasteiger partial charge is 0.379 e. The van der Waals surface area contributed by atoms with Crippen LogP contribution >= 0.6 is 11.6 Å². The number of likely N-dealkylation sites (N-methyl/N-ethyl adjacent to an activating group) is 1. The van der Waals surface area contributed by atoms with Crippen molar-refractivity contribution in [1.82, 2.24) is 4.90 Å². The van der Waals surface area contributed by atoms with Crippen molar-refractivity contribution in [3.8, 4) is 0 Å². The molecule has 0 aromatic rings. The Morgan fingerprint density at radius 1 is 1.31 bits per heavy atom. The summed E-state index contributed by atoms with van der Waals surface area (Å²) in [5.74, 6) is 1.32. The van der Waals surface area contributed by atoms with Crippen molar-refractivity contribution in [3.05, 3.63) is 0 Å². The summed E-state index contributed by atoms with van der Waals surface area (Å²) in [5.41, 5.74) is 0. The van der Waals surface area contributed by atoms with Gasteiger partial charge in [-0.15, -0.1) is 11.6 Å². The smallest absolute Gasteiger partial charge is 0.0602 e. The Kier molecular flexibility index (Phi) is 8.93. The number of rotatable bonds is 8. The predicted octanol–water partition coefficient (Wildman–Crippen LogP) is 2.22. The monoisotopic (exact) mass is 207 g/mol. The second-order valence-electron chi connectivity index (χ2n) is 3.59. The minimum absolute atomic E-state index is 0.594. The molecule has 3 heteroatoms. The highest BCUT2D eigenvalue weighted by atomic mass is 35.5. The van der Waals surface area contributed by atoms with Gasteiger partial charge in [0, 0.05) is 19.0 Å². The van der Waals surface area contributed by atoms with Crippen molar-refractivity contribution < 1.29 is 4.74 Å². The number of ether oxygens (including phenoxy) is 1. The third-order valence-electron chi connectivity index (χ3n) is 1.84. The van der Waals surface area contributed by atoms with Gasteiger partial charge in [-0.2, -0.15) is 0 Å². The second kappa shape index (κ2) is 8.79. The molecule has 80 valence electrons. The summed E-state index contributed by atoms with van der Waals surface area (Å²) in [6, 6.07) is 0. The highest BCUT2D eigenvalue weighted by Crippen LogP contribution is 1.97. The number of alkyl halides is 1. The van der Waals surface area contributed by atoms with E-state index < -0.39 is 0 Å². The number of hydrogen-bond donors (Lipinski definition) is 0. The molecule has 0 unspecified atom stereocenters. The van der Waals surface area contributed by atoms with E-state index >= 15 is 0 Å². The Bertz CT molecular complexity index is 109. The van der Waals surface area contributed by atoms with Crippen molar-refractivity contribution >= 4 is 11.6 Å². The third kappa shape index (κ3) is 8.54. The van der Waals surface area contributed by atoms with Crippen LogP contribution < -0.4 is 0 Å². The minimum atomic E-state index is 0.594. The Balaban J connectivity index is 3.36. The van der Waals surface area contributed by atoms with Gasteiger partial charge in [0.2, 0.25) is 0 Å². The zero-order chi connectivity index (χ0) is 10.1. The molecule has 0 spiro atoms. The van der Waals surface area contributed by atoms with Crippen LogP contribution in [0.25, 0.3) is 0 Å². The molecule has 0 aromatic heterocycles. The SMILES string of the molecule is CCN(CCOCCCl)CC(C)C. The van der Waals surface area contributed by atoms with Crippen LogP contribution in [0.5, 0.6) is 0 Å². The van der Waals surface area contributed by atoms with Crippen LogP contribution in [0.2, 0.25) is 0 Å². The Labute approximate surface area is 87.2 Å². The first-order chi connectivity index (χ1) is 6.20. The number of halogens is 1. The summed E-state index contributed by atoms with van der Waals surface area (Å²) >= 11 is 5.50. The fourth-order valence-corrected chi connectivity index (χ4v) is 1.35. The lowest BCUT2D eigenvalue weighted by Gasteiger charge is -2.22. The molecule has 0 fully saturated rings. The first-order valence-corrected chi connectivity index (χ1v) is 5.60. The van der Waals surface area contributed by atoms with Crippen LogP contribution in [-0.2, 0) is 4.74 Å². The van der Waals surface area contributed by atoms with Crippen molar-refractivity contribution in [1.29, 1.82) is 0 Å². The van der Waals surface area contributed by atoms with E-state index in [4.69, 9.17) is 16.3 Å². The molecule has 0 aliphatic heterocycles. The quantitative estimate of drug-likeness (QED) is 0.447. The lowest BCUT2D eigenvalue weighted by molar-refractivity contribution is 0.112. The molecule has 0 radical (unpaired) electrons. The Morgan fingerprint density at radius 3 is 2.46 bits per heavy atom. The van der Waals surface area contributed by atoms with E-state index in [0.29, 0.717) is 12.5 Å². The van der Waals surface area contributed by atoms with Crippen molar-refractivity contribution in [2.24, 2.45) is 5.92 Å². The van der Waals surface area contributed by atoms with Crippen LogP contribution in [0.1, 0.15) is 20.8 Å².